The number of fused-ring (bicyclic) bond motifs is 3. The fraction of sp³-hybridized carbons (Fsp3) is 0.308. The zero-order valence-corrected chi connectivity index (χ0v) is 11.5. The number of anilines is 2. The smallest absolute Gasteiger partial charge is 0.167 e. The zero-order valence-electron chi connectivity index (χ0n) is 11.5. The average molecular weight is 271 g/mol. The fourth-order valence-corrected chi connectivity index (χ4v) is 2.19. The molecule has 0 aliphatic carbocycles. The molecule has 0 aliphatic heterocycles. The third-order valence-electron chi connectivity index (χ3n) is 3.21. The van der Waals surface area contributed by atoms with E-state index in [4.69, 9.17) is 5.73 Å². The van der Waals surface area contributed by atoms with Gasteiger partial charge in [-0.25, -0.2) is 15.0 Å². The molecule has 0 saturated carbocycles. The quantitative estimate of drug-likeness (QED) is 0.608. The Labute approximate surface area is 116 Å². The number of rotatable bonds is 4. The summed E-state index contributed by atoms with van der Waals surface area (Å²) in [6.45, 7) is 3.69. The van der Waals surface area contributed by atoms with E-state index < -0.39 is 0 Å². The van der Waals surface area contributed by atoms with Crippen LogP contribution in [0.4, 0.5) is 11.6 Å². The van der Waals surface area contributed by atoms with Gasteiger partial charge < -0.3 is 16.4 Å². The van der Waals surface area contributed by atoms with Crippen LogP contribution in [0.25, 0.3) is 16.7 Å². The lowest BCUT2D eigenvalue weighted by atomic mass is 10.2. The molecule has 3 aromatic heterocycles. The van der Waals surface area contributed by atoms with Crippen molar-refractivity contribution in [3.63, 3.8) is 0 Å². The molecule has 7 heteroatoms. The molecule has 104 valence electrons. The molecular weight excluding hydrogens is 254 g/mol. The Bertz CT molecular complexity index is 762. The van der Waals surface area contributed by atoms with E-state index >= 15 is 0 Å². The highest BCUT2D eigenvalue weighted by Crippen LogP contribution is 2.22. The predicted octanol–water partition coefficient (Wildman–Crippen LogP) is 0.799. The van der Waals surface area contributed by atoms with Gasteiger partial charge in [0.05, 0.1) is 6.20 Å². The lowest BCUT2D eigenvalue weighted by Crippen LogP contribution is -2.18. The highest BCUT2D eigenvalue weighted by atomic mass is 15.1. The standard InChI is InChI=1S/C13H17N7/c1-8-5-10(17-4-3-15-2)18-13-11(8)19-12(14)9-6-16-7-20(9)13/h5-7,15H,3-4H2,1-2H3,(H2,14,19)(H,17,18). The van der Waals surface area contributed by atoms with Crippen molar-refractivity contribution in [3.05, 3.63) is 24.2 Å². The number of nitrogens with two attached hydrogens (primary N) is 1. The van der Waals surface area contributed by atoms with Gasteiger partial charge in [-0.1, -0.05) is 0 Å². The van der Waals surface area contributed by atoms with Crippen molar-refractivity contribution in [1.29, 1.82) is 0 Å². The number of likely N-dealkylation sites (N-methyl/N-ethyl adjacent to an activating group) is 1. The Morgan fingerprint density at radius 1 is 1.30 bits per heavy atom. The molecule has 0 bridgehead atoms. The van der Waals surface area contributed by atoms with E-state index in [1.54, 1.807) is 12.5 Å². The summed E-state index contributed by atoms with van der Waals surface area (Å²) in [7, 11) is 1.92. The van der Waals surface area contributed by atoms with Crippen LogP contribution in [0.2, 0.25) is 0 Å². The number of imidazole rings is 1. The molecule has 3 heterocycles. The third kappa shape index (κ3) is 2.01. The van der Waals surface area contributed by atoms with Crippen LogP contribution in [-0.2, 0) is 0 Å². The summed E-state index contributed by atoms with van der Waals surface area (Å²) in [5, 5.41) is 6.37. The minimum Gasteiger partial charge on any atom is -0.382 e. The fourth-order valence-electron chi connectivity index (χ4n) is 2.19. The monoisotopic (exact) mass is 271 g/mol. The van der Waals surface area contributed by atoms with Crippen molar-refractivity contribution in [3.8, 4) is 0 Å². The van der Waals surface area contributed by atoms with Gasteiger partial charge in [0.25, 0.3) is 0 Å². The number of nitrogen functional groups attached to an aromatic ring is 1. The van der Waals surface area contributed by atoms with E-state index in [2.05, 4.69) is 25.6 Å². The Kier molecular flexibility index (Phi) is 3.11. The second-order valence-electron chi connectivity index (χ2n) is 4.67. The third-order valence-corrected chi connectivity index (χ3v) is 3.21. The van der Waals surface area contributed by atoms with Crippen LogP contribution in [0.1, 0.15) is 5.56 Å². The van der Waals surface area contributed by atoms with Crippen molar-refractivity contribution in [2.75, 3.05) is 31.2 Å². The van der Waals surface area contributed by atoms with Crippen LogP contribution < -0.4 is 16.4 Å². The van der Waals surface area contributed by atoms with Crippen molar-refractivity contribution in [2.45, 2.75) is 6.92 Å². The van der Waals surface area contributed by atoms with Gasteiger partial charge in [0.15, 0.2) is 5.65 Å². The molecule has 0 fully saturated rings. The van der Waals surface area contributed by atoms with E-state index in [1.807, 2.05) is 24.4 Å². The molecule has 0 amide bonds. The summed E-state index contributed by atoms with van der Waals surface area (Å²) < 4.78 is 1.87. The molecule has 0 radical (unpaired) electrons. The second kappa shape index (κ2) is 4.93. The number of aryl methyl sites for hydroxylation is 1. The maximum atomic E-state index is 5.95. The van der Waals surface area contributed by atoms with Crippen LogP contribution in [-0.4, -0.2) is 39.5 Å². The number of nitrogens with zero attached hydrogens (tertiary/aromatic N) is 4. The number of nitrogens with one attached hydrogen (secondary N) is 2. The molecule has 0 aliphatic rings. The highest BCUT2D eigenvalue weighted by Gasteiger charge is 2.11. The van der Waals surface area contributed by atoms with Gasteiger partial charge in [-0.05, 0) is 25.6 Å². The Hall–Kier alpha value is -2.41. The average Bonchev–Trinajstić information content (AvgIpc) is 2.91. The summed E-state index contributed by atoms with van der Waals surface area (Å²) in [5.74, 6) is 1.29. The molecule has 0 saturated heterocycles. The maximum Gasteiger partial charge on any atom is 0.167 e. The molecule has 0 unspecified atom stereocenters. The summed E-state index contributed by atoms with van der Waals surface area (Å²) in [6.07, 6.45) is 3.40. The van der Waals surface area contributed by atoms with Crippen molar-refractivity contribution in [2.24, 2.45) is 0 Å². The summed E-state index contributed by atoms with van der Waals surface area (Å²) in [6, 6.07) is 1.98. The van der Waals surface area contributed by atoms with Crippen LogP contribution in [0.5, 0.6) is 0 Å². The summed E-state index contributed by atoms with van der Waals surface area (Å²) >= 11 is 0. The number of pyridine rings is 1. The molecule has 3 aromatic rings. The number of hydrogen-bond acceptors (Lipinski definition) is 6. The van der Waals surface area contributed by atoms with Gasteiger partial charge in [-0.3, -0.25) is 4.40 Å². The first-order valence-electron chi connectivity index (χ1n) is 6.48. The molecule has 4 N–H and O–H groups in total. The number of hydrogen-bond donors (Lipinski definition) is 3. The van der Waals surface area contributed by atoms with Gasteiger partial charge in [0.2, 0.25) is 0 Å². The van der Waals surface area contributed by atoms with Gasteiger partial charge >= 0.3 is 0 Å². The van der Waals surface area contributed by atoms with Crippen LogP contribution in [0, 0.1) is 6.92 Å². The minimum atomic E-state index is 0.468. The lowest BCUT2D eigenvalue weighted by Gasteiger charge is -2.10. The van der Waals surface area contributed by atoms with Gasteiger partial charge in [-0.15, -0.1) is 0 Å². The van der Waals surface area contributed by atoms with Crippen LogP contribution >= 0.6 is 0 Å². The SMILES string of the molecule is CNCCNc1cc(C)c2nc(N)c3cncn3c2n1. The van der Waals surface area contributed by atoms with Crippen molar-refractivity contribution >= 4 is 28.3 Å². The molecule has 0 aromatic carbocycles. The van der Waals surface area contributed by atoms with E-state index in [9.17, 15) is 0 Å². The summed E-state index contributed by atoms with van der Waals surface area (Å²) in [4.78, 5) is 13.2. The first-order valence-corrected chi connectivity index (χ1v) is 6.48. The highest BCUT2D eigenvalue weighted by molar-refractivity contribution is 5.84. The van der Waals surface area contributed by atoms with E-state index in [1.165, 1.54) is 0 Å². The molecular formula is C13H17N7. The van der Waals surface area contributed by atoms with Crippen molar-refractivity contribution < 1.29 is 0 Å². The lowest BCUT2D eigenvalue weighted by molar-refractivity contribution is 0.821. The molecule has 7 nitrogen and oxygen atoms in total. The minimum absolute atomic E-state index is 0.468. The Morgan fingerprint density at radius 3 is 2.95 bits per heavy atom. The van der Waals surface area contributed by atoms with E-state index in [0.29, 0.717) is 5.82 Å². The van der Waals surface area contributed by atoms with E-state index in [0.717, 1.165) is 41.2 Å². The van der Waals surface area contributed by atoms with Crippen molar-refractivity contribution in [1.82, 2.24) is 24.7 Å². The molecule has 3 rings (SSSR count). The normalized spacial score (nSPS) is 11.3. The number of aromatic nitrogens is 4. The Balaban J connectivity index is 2.16. The van der Waals surface area contributed by atoms with Gasteiger partial charge in [0, 0.05) is 13.1 Å². The predicted molar refractivity (Wildman–Crippen MR) is 79.9 cm³/mol. The van der Waals surface area contributed by atoms with Crippen LogP contribution in [0.15, 0.2) is 18.6 Å². The second-order valence-corrected chi connectivity index (χ2v) is 4.67. The van der Waals surface area contributed by atoms with Gasteiger partial charge in [-0.2, -0.15) is 0 Å². The first kappa shape index (κ1) is 12.6. The molecule has 0 atom stereocenters. The van der Waals surface area contributed by atoms with Gasteiger partial charge in [0.1, 0.15) is 29.0 Å². The maximum absolute atomic E-state index is 5.95. The summed E-state index contributed by atoms with van der Waals surface area (Å²) in [5.41, 5.74) is 9.32. The van der Waals surface area contributed by atoms with Crippen LogP contribution in [0.3, 0.4) is 0 Å². The topological polar surface area (TPSA) is 93.2 Å². The molecule has 20 heavy (non-hydrogen) atoms. The largest absolute Gasteiger partial charge is 0.382 e. The van der Waals surface area contributed by atoms with E-state index in [-0.39, 0.29) is 0 Å². The zero-order chi connectivity index (χ0) is 14.1. The first-order chi connectivity index (χ1) is 9.70. The Morgan fingerprint density at radius 2 is 2.15 bits per heavy atom. The molecule has 0 spiro atoms.